The molecule has 0 radical (unpaired) electrons. The van der Waals surface area contributed by atoms with Gasteiger partial charge < -0.3 is 0 Å². The van der Waals surface area contributed by atoms with E-state index in [0.29, 0.717) is 0 Å². The smallest absolute Gasteiger partial charge is 0.0406 e. The van der Waals surface area contributed by atoms with Gasteiger partial charge in [-0.3, -0.25) is 0 Å². The highest BCUT2D eigenvalue weighted by Crippen LogP contribution is 2.12. The van der Waals surface area contributed by atoms with Crippen molar-refractivity contribution in [1.29, 1.82) is 0 Å². The van der Waals surface area contributed by atoms with E-state index in [-0.39, 0.29) is 0 Å². The summed E-state index contributed by atoms with van der Waals surface area (Å²) < 4.78 is 0. The lowest BCUT2D eigenvalue weighted by atomic mass is 10.1. The predicted molar refractivity (Wildman–Crippen MR) is 66.8 cm³/mol. The average molecular weight is 215 g/mol. The van der Waals surface area contributed by atoms with E-state index in [0.717, 1.165) is 10.6 Å². The first kappa shape index (κ1) is 10.0. The van der Waals surface area contributed by atoms with Gasteiger partial charge in [0.05, 0.1) is 0 Å². The van der Waals surface area contributed by atoms with Gasteiger partial charge in [0.2, 0.25) is 0 Å². The van der Waals surface area contributed by atoms with Gasteiger partial charge in [-0.05, 0) is 23.3 Å². The predicted octanol–water partition coefficient (Wildman–Crippen LogP) is 4.51. The molecule has 0 saturated carbocycles. The molecule has 2 aromatic carbocycles. The summed E-state index contributed by atoms with van der Waals surface area (Å²) in [6.07, 6.45) is 4.16. The highest BCUT2D eigenvalue weighted by atomic mass is 35.5. The number of halogens is 1. The molecule has 0 fully saturated rings. The second-order valence-corrected chi connectivity index (χ2v) is 3.73. The summed E-state index contributed by atoms with van der Waals surface area (Å²) in [5.74, 6) is 0. The van der Waals surface area contributed by atoms with Crippen molar-refractivity contribution >= 4 is 23.8 Å². The monoisotopic (exact) mass is 214 g/mol. The molecule has 1 heteroatoms. The molecule has 0 heterocycles. The first-order valence-corrected chi connectivity index (χ1v) is 5.21. The highest BCUT2D eigenvalue weighted by molar-refractivity contribution is 6.30. The molecular formula is C14H11Cl. The minimum atomic E-state index is 0.770. The summed E-state index contributed by atoms with van der Waals surface area (Å²) >= 11 is 5.80. The van der Waals surface area contributed by atoms with Gasteiger partial charge >= 0.3 is 0 Å². The zero-order valence-corrected chi connectivity index (χ0v) is 8.98. The Balaban J connectivity index is 2.15. The van der Waals surface area contributed by atoms with Crippen molar-refractivity contribution in [3.63, 3.8) is 0 Å². The fourth-order valence-electron chi connectivity index (χ4n) is 1.33. The van der Waals surface area contributed by atoms with E-state index in [1.807, 2.05) is 42.5 Å². The van der Waals surface area contributed by atoms with Crippen molar-refractivity contribution < 1.29 is 0 Å². The van der Waals surface area contributed by atoms with Crippen molar-refractivity contribution in [3.8, 4) is 0 Å². The van der Waals surface area contributed by atoms with Crippen LogP contribution in [0.25, 0.3) is 12.2 Å². The van der Waals surface area contributed by atoms with Crippen molar-refractivity contribution in [2.45, 2.75) is 0 Å². The molecule has 2 aromatic rings. The van der Waals surface area contributed by atoms with Crippen molar-refractivity contribution in [1.82, 2.24) is 0 Å². The van der Waals surface area contributed by atoms with Crippen LogP contribution in [0.4, 0.5) is 0 Å². The molecular weight excluding hydrogens is 204 g/mol. The standard InChI is InChI=1S/C14H11Cl/c15-14-10-8-13(9-11-14)7-6-12-4-2-1-3-5-12/h1-11H/b7-6-. The number of rotatable bonds is 2. The van der Waals surface area contributed by atoms with Crippen LogP contribution in [0.15, 0.2) is 54.6 Å². The summed E-state index contributed by atoms with van der Waals surface area (Å²) in [5.41, 5.74) is 2.36. The van der Waals surface area contributed by atoms with Crippen LogP contribution < -0.4 is 0 Å². The number of hydrogen-bond acceptors (Lipinski definition) is 0. The van der Waals surface area contributed by atoms with Crippen LogP contribution >= 0.6 is 11.6 Å². The van der Waals surface area contributed by atoms with Crippen LogP contribution in [0.5, 0.6) is 0 Å². The molecule has 0 saturated heterocycles. The first-order valence-electron chi connectivity index (χ1n) is 4.83. The Kier molecular flexibility index (Phi) is 3.21. The zero-order valence-electron chi connectivity index (χ0n) is 8.23. The molecule has 0 aromatic heterocycles. The Hall–Kier alpha value is -1.53. The van der Waals surface area contributed by atoms with Gasteiger partial charge in [-0.25, -0.2) is 0 Å². The van der Waals surface area contributed by atoms with Crippen LogP contribution in [0.3, 0.4) is 0 Å². The minimum absolute atomic E-state index is 0.770. The third-order valence-electron chi connectivity index (χ3n) is 2.14. The average Bonchev–Trinajstić information content (AvgIpc) is 2.30. The highest BCUT2D eigenvalue weighted by Gasteiger charge is 1.88. The molecule has 0 amide bonds. The quantitative estimate of drug-likeness (QED) is 0.646. The van der Waals surface area contributed by atoms with Gasteiger partial charge in [0.25, 0.3) is 0 Å². The van der Waals surface area contributed by atoms with E-state index >= 15 is 0 Å². The molecule has 0 unspecified atom stereocenters. The lowest BCUT2D eigenvalue weighted by molar-refractivity contribution is 1.64. The van der Waals surface area contributed by atoms with Gasteiger partial charge in [0.15, 0.2) is 0 Å². The van der Waals surface area contributed by atoms with Gasteiger partial charge in [-0.2, -0.15) is 0 Å². The van der Waals surface area contributed by atoms with Crippen LogP contribution in [0, 0.1) is 0 Å². The largest absolute Gasteiger partial charge is 0.0843 e. The van der Waals surface area contributed by atoms with Gasteiger partial charge in [-0.15, -0.1) is 0 Å². The normalized spacial score (nSPS) is 10.7. The van der Waals surface area contributed by atoms with Gasteiger partial charge in [0.1, 0.15) is 0 Å². The van der Waals surface area contributed by atoms with Crippen LogP contribution in [0.2, 0.25) is 5.02 Å². The Morgan fingerprint density at radius 1 is 0.667 bits per heavy atom. The number of hydrogen-bond donors (Lipinski definition) is 0. The van der Waals surface area contributed by atoms with Gasteiger partial charge in [0, 0.05) is 5.02 Å². The number of benzene rings is 2. The van der Waals surface area contributed by atoms with Crippen molar-refractivity contribution in [2.75, 3.05) is 0 Å². The molecule has 0 atom stereocenters. The Morgan fingerprint density at radius 2 is 1.20 bits per heavy atom. The lowest BCUT2D eigenvalue weighted by Crippen LogP contribution is -1.71. The van der Waals surface area contributed by atoms with Crippen LogP contribution in [-0.4, -0.2) is 0 Å². The first-order chi connectivity index (χ1) is 7.34. The van der Waals surface area contributed by atoms with E-state index in [9.17, 15) is 0 Å². The van der Waals surface area contributed by atoms with Gasteiger partial charge in [-0.1, -0.05) is 66.2 Å². The second kappa shape index (κ2) is 4.81. The second-order valence-electron chi connectivity index (χ2n) is 3.30. The van der Waals surface area contributed by atoms with E-state index in [2.05, 4.69) is 24.3 Å². The molecule has 0 spiro atoms. The molecule has 15 heavy (non-hydrogen) atoms. The van der Waals surface area contributed by atoms with Crippen molar-refractivity contribution in [2.24, 2.45) is 0 Å². The zero-order chi connectivity index (χ0) is 10.5. The summed E-state index contributed by atoms with van der Waals surface area (Å²) in [7, 11) is 0. The van der Waals surface area contributed by atoms with Crippen molar-refractivity contribution in [3.05, 3.63) is 70.7 Å². The maximum Gasteiger partial charge on any atom is 0.0406 e. The maximum atomic E-state index is 5.80. The fraction of sp³-hybridized carbons (Fsp3) is 0. The Morgan fingerprint density at radius 3 is 1.80 bits per heavy atom. The molecule has 0 aliphatic heterocycles. The summed E-state index contributed by atoms with van der Waals surface area (Å²) in [4.78, 5) is 0. The molecule has 2 rings (SSSR count). The molecule has 0 aliphatic rings. The molecule has 0 aliphatic carbocycles. The third kappa shape index (κ3) is 2.97. The van der Waals surface area contributed by atoms with E-state index in [1.54, 1.807) is 0 Å². The topological polar surface area (TPSA) is 0 Å². The Bertz CT molecular complexity index is 441. The molecule has 0 N–H and O–H groups in total. The molecule has 0 bridgehead atoms. The maximum absolute atomic E-state index is 5.80. The van der Waals surface area contributed by atoms with E-state index < -0.39 is 0 Å². The molecule has 74 valence electrons. The SMILES string of the molecule is Clc1ccc(/C=C\c2ccccc2)cc1. The van der Waals surface area contributed by atoms with Crippen LogP contribution in [-0.2, 0) is 0 Å². The summed E-state index contributed by atoms with van der Waals surface area (Å²) in [6.45, 7) is 0. The summed E-state index contributed by atoms with van der Waals surface area (Å²) in [5, 5.41) is 0.770. The third-order valence-corrected chi connectivity index (χ3v) is 2.39. The minimum Gasteiger partial charge on any atom is -0.0843 e. The summed E-state index contributed by atoms with van der Waals surface area (Å²) in [6, 6.07) is 18.0. The molecule has 0 nitrogen and oxygen atoms in total. The fourth-order valence-corrected chi connectivity index (χ4v) is 1.46. The van der Waals surface area contributed by atoms with Crippen LogP contribution in [0.1, 0.15) is 11.1 Å². The Labute approximate surface area is 94.8 Å². The lowest BCUT2D eigenvalue weighted by Gasteiger charge is -1.94. The van der Waals surface area contributed by atoms with E-state index in [1.165, 1.54) is 5.56 Å². The van der Waals surface area contributed by atoms with E-state index in [4.69, 9.17) is 11.6 Å².